The van der Waals surface area contributed by atoms with Gasteiger partial charge in [-0.1, -0.05) is 22.9 Å². The maximum atomic E-state index is 5.93. The summed E-state index contributed by atoms with van der Waals surface area (Å²) in [5.41, 5.74) is 0.981. The molecule has 0 atom stereocenters. The largest absolute Gasteiger partial charge is 0.361 e. The van der Waals surface area contributed by atoms with Gasteiger partial charge in [-0.2, -0.15) is 11.8 Å². The summed E-state index contributed by atoms with van der Waals surface area (Å²) < 4.78 is 1.18. The summed E-state index contributed by atoms with van der Waals surface area (Å²) in [4.78, 5) is 4.51. The maximum absolute atomic E-state index is 5.93. The van der Waals surface area contributed by atoms with Crippen molar-refractivity contribution >= 4 is 50.0 Å². The van der Waals surface area contributed by atoms with Gasteiger partial charge in [-0.15, -0.1) is 0 Å². The molecule has 1 N–H and O–H groups in total. The van der Waals surface area contributed by atoms with E-state index in [4.69, 9.17) is 11.6 Å². The standard InChI is InChI=1S/C12H15ClN2S2/c1-16-7-3-2-6-14-12-15-10-8-9(13)4-5-11(10)17-12/h4-5,8H,2-3,6-7H2,1H3,(H,14,15). The number of thiazole rings is 1. The number of rotatable bonds is 6. The smallest absolute Gasteiger partial charge is 0.183 e. The second-order valence-corrected chi connectivity index (χ2v) is 6.21. The van der Waals surface area contributed by atoms with Crippen molar-refractivity contribution < 1.29 is 0 Å². The number of benzene rings is 1. The predicted octanol–water partition coefficient (Wildman–Crippen LogP) is 4.50. The van der Waals surface area contributed by atoms with E-state index in [1.165, 1.54) is 23.3 Å². The highest BCUT2D eigenvalue weighted by molar-refractivity contribution is 7.98. The summed E-state index contributed by atoms with van der Waals surface area (Å²) in [7, 11) is 0. The Morgan fingerprint density at radius 2 is 2.29 bits per heavy atom. The average molecular weight is 287 g/mol. The van der Waals surface area contributed by atoms with Crippen LogP contribution in [-0.2, 0) is 0 Å². The molecule has 0 aliphatic carbocycles. The van der Waals surface area contributed by atoms with Crippen LogP contribution < -0.4 is 5.32 Å². The van der Waals surface area contributed by atoms with Crippen LogP contribution in [0.4, 0.5) is 5.13 Å². The van der Waals surface area contributed by atoms with Crippen molar-refractivity contribution in [3.05, 3.63) is 23.2 Å². The van der Waals surface area contributed by atoms with Gasteiger partial charge in [0.1, 0.15) is 0 Å². The van der Waals surface area contributed by atoms with Crippen LogP contribution in [0.15, 0.2) is 18.2 Å². The summed E-state index contributed by atoms with van der Waals surface area (Å²) in [5.74, 6) is 1.23. The second-order valence-electron chi connectivity index (χ2n) is 3.76. The van der Waals surface area contributed by atoms with E-state index in [-0.39, 0.29) is 0 Å². The number of hydrogen-bond donors (Lipinski definition) is 1. The third kappa shape index (κ3) is 3.76. The first-order chi connectivity index (χ1) is 8.29. The van der Waals surface area contributed by atoms with Crippen LogP contribution in [0.1, 0.15) is 12.8 Å². The quantitative estimate of drug-likeness (QED) is 0.791. The van der Waals surface area contributed by atoms with Crippen LogP contribution in [0.3, 0.4) is 0 Å². The van der Waals surface area contributed by atoms with Gasteiger partial charge >= 0.3 is 0 Å². The van der Waals surface area contributed by atoms with Gasteiger partial charge in [0.25, 0.3) is 0 Å². The van der Waals surface area contributed by atoms with E-state index in [1.54, 1.807) is 11.3 Å². The number of nitrogens with one attached hydrogen (secondary N) is 1. The molecule has 0 fully saturated rings. The lowest BCUT2D eigenvalue weighted by atomic mass is 10.3. The molecule has 2 nitrogen and oxygen atoms in total. The van der Waals surface area contributed by atoms with Crippen LogP contribution >= 0.6 is 34.7 Å². The zero-order valence-corrected chi connectivity index (χ0v) is 12.1. The average Bonchev–Trinajstić information content (AvgIpc) is 2.70. The summed E-state index contributed by atoms with van der Waals surface area (Å²) in [6.07, 6.45) is 4.59. The van der Waals surface area contributed by atoms with Gasteiger partial charge in [-0.25, -0.2) is 4.98 Å². The number of fused-ring (bicyclic) bond motifs is 1. The minimum absolute atomic E-state index is 0.745. The Hall–Kier alpha value is -0.450. The summed E-state index contributed by atoms with van der Waals surface area (Å²) in [6.45, 7) is 0.994. The summed E-state index contributed by atoms with van der Waals surface area (Å²) >= 11 is 9.51. The first kappa shape index (κ1) is 13.0. The number of unbranched alkanes of at least 4 members (excludes halogenated alkanes) is 1. The molecular weight excluding hydrogens is 272 g/mol. The third-order valence-corrected chi connectivity index (χ3v) is 4.33. The lowest BCUT2D eigenvalue weighted by molar-refractivity contribution is 0.843. The van der Waals surface area contributed by atoms with E-state index in [2.05, 4.69) is 16.6 Å². The molecule has 1 aromatic heterocycles. The van der Waals surface area contributed by atoms with Gasteiger partial charge in [0, 0.05) is 11.6 Å². The van der Waals surface area contributed by atoms with Crippen molar-refractivity contribution in [3.8, 4) is 0 Å². The van der Waals surface area contributed by atoms with Crippen molar-refractivity contribution in [1.29, 1.82) is 0 Å². The Morgan fingerprint density at radius 1 is 1.41 bits per heavy atom. The zero-order chi connectivity index (χ0) is 12.1. The summed E-state index contributed by atoms with van der Waals surface area (Å²) in [5, 5.41) is 5.10. The molecule has 0 bridgehead atoms. The Morgan fingerprint density at radius 3 is 3.12 bits per heavy atom. The molecule has 0 aliphatic rings. The fourth-order valence-electron chi connectivity index (χ4n) is 1.54. The van der Waals surface area contributed by atoms with E-state index in [0.29, 0.717) is 0 Å². The van der Waals surface area contributed by atoms with E-state index in [0.717, 1.165) is 22.2 Å². The SMILES string of the molecule is CSCCCCNc1nc2cc(Cl)ccc2s1. The lowest BCUT2D eigenvalue weighted by Crippen LogP contribution is -2.01. The number of halogens is 1. The van der Waals surface area contributed by atoms with E-state index >= 15 is 0 Å². The molecule has 92 valence electrons. The molecule has 0 spiro atoms. The molecule has 0 radical (unpaired) electrons. The van der Waals surface area contributed by atoms with Crippen molar-refractivity contribution in [2.75, 3.05) is 23.9 Å². The van der Waals surface area contributed by atoms with Crippen LogP contribution in [0, 0.1) is 0 Å². The fourth-order valence-corrected chi connectivity index (χ4v) is 3.07. The number of thioether (sulfide) groups is 1. The number of hydrogen-bond acceptors (Lipinski definition) is 4. The molecule has 2 rings (SSSR count). The van der Waals surface area contributed by atoms with Crippen molar-refractivity contribution in [1.82, 2.24) is 4.98 Å². The predicted molar refractivity (Wildman–Crippen MR) is 80.7 cm³/mol. The summed E-state index contributed by atoms with van der Waals surface area (Å²) in [6, 6.07) is 5.84. The van der Waals surface area contributed by atoms with Crippen molar-refractivity contribution in [2.24, 2.45) is 0 Å². The van der Waals surface area contributed by atoms with Crippen LogP contribution in [0.25, 0.3) is 10.2 Å². The highest BCUT2D eigenvalue weighted by Gasteiger charge is 2.03. The number of aromatic nitrogens is 1. The normalized spacial score (nSPS) is 10.9. The Kier molecular flexibility index (Phi) is 4.95. The highest BCUT2D eigenvalue weighted by atomic mass is 35.5. The van der Waals surface area contributed by atoms with Crippen LogP contribution in [0.2, 0.25) is 5.02 Å². The highest BCUT2D eigenvalue weighted by Crippen LogP contribution is 2.27. The Bertz CT molecular complexity index is 484. The molecule has 1 heterocycles. The van der Waals surface area contributed by atoms with Crippen molar-refractivity contribution in [2.45, 2.75) is 12.8 Å². The monoisotopic (exact) mass is 286 g/mol. The second kappa shape index (κ2) is 6.47. The van der Waals surface area contributed by atoms with E-state index in [9.17, 15) is 0 Å². The van der Waals surface area contributed by atoms with E-state index < -0.39 is 0 Å². The van der Waals surface area contributed by atoms with Crippen LogP contribution in [-0.4, -0.2) is 23.5 Å². The fraction of sp³-hybridized carbons (Fsp3) is 0.417. The zero-order valence-electron chi connectivity index (χ0n) is 9.70. The molecule has 17 heavy (non-hydrogen) atoms. The molecular formula is C12H15ClN2S2. The molecule has 0 amide bonds. The third-order valence-electron chi connectivity index (χ3n) is 2.40. The van der Waals surface area contributed by atoms with Gasteiger partial charge in [0.05, 0.1) is 10.2 Å². The maximum Gasteiger partial charge on any atom is 0.183 e. The minimum atomic E-state index is 0.745. The van der Waals surface area contributed by atoms with Gasteiger partial charge in [0.2, 0.25) is 0 Å². The first-order valence-corrected chi connectivity index (χ1v) is 8.17. The molecule has 0 saturated carbocycles. The minimum Gasteiger partial charge on any atom is -0.361 e. The van der Waals surface area contributed by atoms with Gasteiger partial charge < -0.3 is 5.32 Å². The van der Waals surface area contributed by atoms with Gasteiger partial charge in [-0.05, 0) is 43.0 Å². The molecule has 0 aliphatic heterocycles. The topological polar surface area (TPSA) is 24.9 Å². The molecule has 2 aromatic rings. The number of nitrogens with zero attached hydrogens (tertiary/aromatic N) is 1. The van der Waals surface area contributed by atoms with E-state index in [1.807, 2.05) is 30.0 Å². The van der Waals surface area contributed by atoms with Crippen LogP contribution in [0.5, 0.6) is 0 Å². The molecule has 0 saturated heterocycles. The Balaban J connectivity index is 1.91. The number of anilines is 1. The molecule has 0 unspecified atom stereocenters. The Labute approximate surface area is 115 Å². The first-order valence-electron chi connectivity index (χ1n) is 5.58. The van der Waals surface area contributed by atoms with Gasteiger partial charge in [0.15, 0.2) is 5.13 Å². The molecule has 5 heteroatoms. The van der Waals surface area contributed by atoms with Crippen molar-refractivity contribution in [3.63, 3.8) is 0 Å². The lowest BCUT2D eigenvalue weighted by Gasteiger charge is -2.00. The molecule has 1 aromatic carbocycles. The van der Waals surface area contributed by atoms with Gasteiger partial charge in [-0.3, -0.25) is 0 Å².